The Kier molecular flexibility index (Phi) is 4.17. The standard InChI is InChI=1S/C20H25N5O3/c1-12-8-19(2,3)11-20(9-12)16(27)25(18(28)24-20)10-15(26)23-17-21-13-6-4-5-7-14(13)22-17/h4-7,12H,8-11H2,1-3H3,(H,24,28)(H2,21,22,23,26)/t12-,20-/m0/s1. The largest absolute Gasteiger partial charge is 0.325 e. The highest BCUT2D eigenvalue weighted by atomic mass is 16.2. The number of rotatable bonds is 3. The minimum Gasteiger partial charge on any atom is -0.324 e. The van der Waals surface area contributed by atoms with E-state index < -0.39 is 17.5 Å². The number of imide groups is 1. The van der Waals surface area contributed by atoms with Crippen molar-refractivity contribution in [2.45, 2.75) is 45.6 Å². The van der Waals surface area contributed by atoms with E-state index in [-0.39, 0.29) is 17.9 Å². The molecule has 0 bridgehead atoms. The quantitative estimate of drug-likeness (QED) is 0.708. The zero-order valence-electron chi connectivity index (χ0n) is 16.3. The Labute approximate surface area is 163 Å². The minimum absolute atomic E-state index is 0.0485. The number of anilines is 1. The van der Waals surface area contributed by atoms with Gasteiger partial charge in [-0.3, -0.25) is 19.8 Å². The van der Waals surface area contributed by atoms with Gasteiger partial charge in [-0.05, 0) is 42.7 Å². The van der Waals surface area contributed by atoms with E-state index in [1.54, 1.807) is 0 Å². The number of fused-ring (bicyclic) bond motifs is 1. The zero-order chi connectivity index (χ0) is 20.1. The van der Waals surface area contributed by atoms with Crippen LogP contribution in [0.4, 0.5) is 10.7 Å². The molecule has 2 aliphatic rings. The number of aromatic nitrogens is 2. The summed E-state index contributed by atoms with van der Waals surface area (Å²) in [4.78, 5) is 46.3. The monoisotopic (exact) mass is 383 g/mol. The van der Waals surface area contributed by atoms with Crippen molar-refractivity contribution in [1.29, 1.82) is 0 Å². The molecule has 3 N–H and O–H groups in total. The number of carbonyl (C=O) groups excluding carboxylic acids is 3. The molecule has 28 heavy (non-hydrogen) atoms. The normalized spacial score (nSPS) is 26.7. The van der Waals surface area contributed by atoms with Crippen LogP contribution in [0.3, 0.4) is 0 Å². The number of hydrogen-bond acceptors (Lipinski definition) is 4. The van der Waals surface area contributed by atoms with Crippen molar-refractivity contribution in [3.05, 3.63) is 24.3 Å². The minimum atomic E-state index is -0.905. The third kappa shape index (κ3) is 3.23. The molecule has 1 aliphatic heterocycles. The molecule has 8 heteroatoms. The number of hydrogen-bond donors (Lipinski definition) is 3. The predicted octanol–water partition coefficient (Wildman–Crippen LogP) is 2.64. The van der Waals surface area contributed by atoms with Crippen LogP contribution in [0, 0.1) is 11.3 Å². The first-order chi connectivity index (χ1) is 13.2. The lowest BCUT2D eigenvalue weighted by atomic mass is 9.64. The second kappa shape index (κ2) is 6.32. The first-order valence-corrected chi connectivity index (χ1v) is 9.56. The van der Waals surface area contributed by atoms with Gasteiger partial charge in [-0.1, -0.05) is 32.9 Å². The lowest BCUT2D eigenvalue weighted by molar-refractivity contribution is -0.136. The van der Waals surface area contributed by atoms with Gasteiger partial charge in [0, 0.05) is 0 Å². The third-order valence-corrected chi connectivity index (χ3v) is 5.57. The summed E-state index contributed by atoms with van der Waals surface area (Å²) in [6, 6.07) is 6.90. The van der Waals surface area contributed by atoms with E-state index in [2.05, 4.69) is 41.4 Å². The van der Waals surface area contributed by atoms with Crippen molar-refractivity contribution in [2.75, 3.05) is 11.9 Å². The number of H-pyrrole nitrogens is 1. The smallest absolute Gasteiger partial charge is 0.324 e. The third-order valence-electron chi connectivity index (χ3n) is 5.57. The molecule has 0 radical (unpaired) electrons. The molecule has 148 valence electrons. The molecule has 1 saturated heterocycles. The van der Waals surface area contributed by atoms with Crippen LogP contribution in [-0.2, 0) is 9.59 Å². The van der Waals surface area contributed by atoms with E-state index in [0.29, 0.717) is 24.7 Å². The number of benzene rings is 1. The van der Waals surface area contributed by atoms with Gasteiger partial charge in [-0.25, -0.2) is 9.78 Å². The summed E-state index contributed by atoms with van der Waals surface area (Å²) in [5, 5.41) is 5.52. The molecular formula is C20H25N5O3. The fraction of sp³-hybridized carbons (Fsp3) is 0.500. The van der Waals surface area contributed by atoms with Gasteiger partial charge in [-0.15, -0.1) is 0 Å². The first-order valence-electron chi connectivity index (χ1n) is 9.56. The molecule has 1 aliphatic carbocycles. The first kappa shape index (κ1) is 18.5. The zero-order valence-corrected chi connectivity index (χ0v) is 16.3. The summed E-state index contributed by atoms with van der Waals surface area (Å²) >= 11 is 0. The molecule has 2 fully saturated rings. The van der Waals surface area contributed by atoms with Gasteiger partial charge >= 0.3 is 6.03 Å². The van der Waals surface area contributed by atoms with Crippen LogP contribution >= 0.6 is 0 Å². The Morgan fingerprint density at radius 2 is 2.04 bits per heavy atom. The molecule has 8 nitrogen and oxygen atoms in total. The van der Waals surface area contributed by atoms with Crippen molar-refractivity contribution in [3.63, 3.8) is 0 Å². The van der Waals surface area contributed by atoms with Crippen LogP contribution in [-0.4, -0.2) is 44.8 Å². The summed E-state index contributed by atoms with van der Waals surface area (Å²) in [6.07, 6.45) is 2.18. The van der Waals surface area contributed by atoms with Gasteiger partial charge in [0.25, 0.3) is 5.91 Å². The molecule has 2 heterocycles. The van der Waals surface area contributed by atoms with Crippen LogP contribution in [0.15, 0.2) is 24.3 Å². The molecule has 1 aromatic heterocycles. The number of imidazole rings is 1. The van der Waals surface area contributed by atoms with E-state index >= 15 is 0 Å². The topological polar surface area (TPSA) is 107 Å². The second-order valence-corrected chi connectivity index (χ2v) is 8.91. The number of amides is 4. The maximum Gasteiger partial charge on any atom is 0.325 e. The van der Waals surface area contributed by atoms with Crippen molar-refractivity contribution in [3.8, 4) is 0 Å². The van der Waals surface area contributed by atoms with Crippen molar-refractivity contribution < 1.29 is 14.4 Å². The van der Waals surface area contributed by atoms with E-state index in [1.165, 1.54) is 0 Å². The van der Waals surface area contributed by atoms with Gasteiger partial charge in [-0.2, -0.15) is 0 Å². The number of aromatic amines is 1. The maximum atomic E-state index is 13.1. The number of urea groups is 1. The summed E-state index contributed by atoms with van der Waals surface area (Å²) < 4.78 is 0. The van der Waals surface area contributed by atoms with Gasteiger partial charge in [0.15, 0.2) is 0 Å². The maximum absolute atomic E-state index is 13.1. The molecular weight excluding hydrogens is 358 g/mol. The summed E-state index contributed by atoms with van der Waals surface area (Å²) in [7, 11) is 0. The lowest BCUT2D eigenvalue weighted by Gasteiger charge is -2.43. The Morgan fingerprint density at radius 3 is 2.75 bits per heavy atom. The number of nitrogens with zero attached hydrogens (tertiary/aromatic N) is 2. The molecule has 4 rings (SSSR count). The van der Waals surface area contributed by atoms with Crippen molar-refractivity contribution in [1.82, 2.24) is 20.2 Å². The van der Waals surface area contributed by atoms with Crippen molar-refractivity contribution >= 4 is 34.8 Å². The van der Waals surface area contributed by atoms with E-state index in [9.17, 15) is 14.4 Å². The number of para-hydroxylation sites is 2. The fourth-order valence-corrected chi connectivity index (χ4v) is 4.98. The SMILES string of the molecule is C[C@H]1CC(C)(C)C[C@]2(C1)NC(=O)N(CC(=O)Nc1nc3ccccc3[nH]1)C2=O. The Morgan fingerprint density at radius 1 is 1.29 bits per heavy atom. The molecule has 1 spiro atoms. The highest BCUT2D eigenvalue weighted by Crippen LogP contribution is 2.46. The number of nitrogens with one attached hydrogen (secondary N) is 3. The van der Waals surface area contributed by atoms with Gasteiger partial charge in [0.05, 0.1) is 11.0 Å². The predicted molar refractivity (Wildman–Crippen MR) is 104 cm³/mol. The molecule has 4 amide bonds. The molecule has 0 unspecified atom stereocenters. The average molecular weight is 383 g/mol. The van der Waals surface area contributed by atoms with Gasteiger partial charge in [0.2, 0.25) is 11.9 Å². The Bertz CT molecular complexity index is 933. The Balaban J connectivity index is 1.47. The van der Waals surface area contributed by atoms with Crippen LogP contribution in [0.1, 0.15) is 40.0 Å². The number of carbonyl (C=O) groups is 3. The average Bonchev–Trinajstić information content (AvgIpc) is 3.07. The highest BCUT2D eigenvalue weighted by molar-refractivity contribution is 6.10. The van der Waals surface area contributed by atoms with Crippen LogP contribution in [0.2, 0.25) is 0 Å². The van der Waals surface area contributed by atoms with Gasteiger partial charge < -0.3 is 10.3 Å². The van der Waals surface area contributed by atoms with Crippen LogP contribution in [0.25, 0.3) is 11.0 Å². The van der Waals surface area contributed by atoms with E-state index in [4.69, 9.17) is 0 Å². The summed E-state index contributed by atoms with van der Waals surface area (Å²) in [5.41, 5.74) is 0.570. The molecule has 1 aromatic carbocycles. The lowest BCUT2D eigenvalue weighted by Crippen LogP contribution is -2.54. The molecule has 1 saturated carbocycles. The van der Waals surface area contributed by atoms with Crippen LogP contribution in [0.5, 0.6) is 0 Å². The van der Waals surface area contributed by atoms with E-state index in [0.717, 1.165) is 22.4 Å². The molecule has 2 aromatic rings. The fourth-order valence-electron chi connectivity index (χ4n) is 4.98. The second-order valence-electron chi connectivity index (χ2n) is 8.91. The van der Waals surface area contributed by atoms with Crippen LogP contribution < -0.4 is 10.6 Å². The molecule has 2 atom stereocenters. The van der Waals surface area contributed by atoms with Crippen molar-refractivity contribution in [2.24, 2.45) is 11.3 Å². The summed E-state index contributed by atoms with van der Waals surface area (Å²) in [6.45, 7) is 5.99. The highest BCUT2D eigenvalue weighted by Gasteiger charge is 2.56. The Hall–Kier alpha value is -2.90. The van der Waals surface area contributed by atoms with Gasteiger partial charge in [0.1, 0.15) is 12.1 Å². The van der Waals surface area contributed by atoms with E-state index in [1.807, 2.05) is 24.3 Å². The summed E-state index contributed by atoms with van der Waals surface area (Å²) in [5.74, 6) is -0.169.